The van der Waals surface area contributed by atoms with Gasteiger partial charge in [0.2, 0.25) is 5.91 Å². The largest absolute Gasteiger partial charge is 0.466 e. The van der Waals surface area contributed by atoms with Crippen LogP contribution in [0.3, 0.4) is 0 Å². The van der Waals surface area contributed by atoms with Crippen LogP contribution in [0.2, 0.25) is 0 Å². The summed E-state index contributed by atoms with van der Waals surface area (Å²) in [5.74, 6) is -0.0836. The Labute approximate surface area is 190 Å². The highest BCUT2D eigenvalue weighted by molar-refractivity contribution is 5.88. The summed E-state index contributed by atoms with van der Waals surface area (Å²) < 4.78 is 7.35. The minimum Gasteiger partial charge on any atom is -0.466 e. The van der Waals surface area contributed by atoms with Crippen molar-refractivity contribution in [2.45, 2.75) is 58.4 Å². The quantitative estimate of drug-likeness (QED) is 0.318. The van der Waals surface area contributed by atoms with Gasteiger partial charge < -0.3 is 14.6 Å². The molecule has 0 bridgehead atoms. The molecule has 0 saturated carbocycles. The minimum atomic E-state index is -0.183. The lowest BCUT2D eigenvalue weighted by Gasteiger charge is -2.07. The second kappa shape index (κ2) is 12.6. The molecule has 0 atom stereocenters. The number of unbranched alkanes of at least 4 members (excludes halogenated alkanes) is 3. The number of benzene rings is 1. The Morgan fingerprint density at radius 2 is 1.91 bits per heavy atom. The number of nitrogens with one attached hydrogen (secondary N) is 1. The van der Waals surface area contributed by atoms with E-state index in [4.69, 9.17) is 4.74 Å². The van der Waals surface area contributed by atoms with Crippen LogP contribution < -0.4 is 5.32 Å². The fourth-order valence-electron chi connectivity index (χ4n) is 3.90. The smallest absolute Gasteiger partial charge is 0.310 e. The van der Waals surface area contributed by atoms with Gasteiger partial charge in [0.05, 0.1) is 13.0 Å². The fourth-order valence-corrected chi connectivity index (χ4v) is 3.90. The summed E-state index contributed by atoms with van der Waals surface area (Å²) in [6.45, 7) is 3.88. The molecule has 0 aliphatic carbocycles. The Hall–Kier alpha value is -3.15. The Morgan fingerprint density at radius 1 is 1.06 bits per heavy atom. The van der Waals surface area contributed by atoms with Crippen molar-refractivity contribution in [2.75, 3.05) is 13.2 Å². The van der Waals surface area contributed by atoms with Crippen molar-refractivity contribution in [2.24, 2.45) is 0 Å². The Bertz CT molecular complexity index is 998. The third-order valence-corrected chi connectivity index (χ3v) is 5.52. The maximum absolute atomic E-state index is 12.0. The van der Waals surface area contributed by atoms with E-state index in [1.165, 1.54) is 0 Å². The van der Waals surface area contributed by atoms with Crippen LogP contribution in [-0.2, 0) is 33.7 Å². The molecule has 1 N–H and O–H groups in total. The number of rotatable bonds is 13. The molecule has 0 aliphatic rings. The van der Waals surface area contributed by atoms with Crippen molar-refractivity contribution in [3.8, 4) is 0 Å². The van der Waals surface area contributed by atoms with E-state index in [1.807, 2.05) is 31.2 Å². The third-order valence-electron chi connectivity index (χ3n) is 5.52. The Balaban J connectivity index is 1.35. The van der Waals surface area contributed by atoms with Crippen LogP contribution in [0.5, 0.6) is 0 Å². The van der Waals surface area contributed by atoms with Crippen molar-refractivity contribution in [3.63, 3.8) is 0 Å². The van der Waals surface area contributed by atoms with E-state index in [-0.39, 0.29) is 11.9 Å². The van der Waals surface area contributed by atoms with Crippen molar-refractivity contribution < 1.29 is 14.3 Å². The third kappa shape index (κ3) is 7.22. The van der Waals surface area contributed by atoms with Crippen molar-refractivity contribution in [1.82, 2.24) is 14.9 Å². The van der Waals surface area contributed by atoms with Gasteiger partial charge >= 0.3 is 5.97 Å². The average molecular weight is 436 g/mol. The van der Waals surface area contributed by atoms with E-state index >= 15 is 0 Å². The Morgan fingerprint density at radius 3 is 2.72 bits per heavy atom. The van der Waals surface area contributed by atoms with Crippen LogP contribution in [0.4, 0.5) is 0 Å². The molecule has 3 rings (SSSR count). The van der Waals surface area contributed by atoms with Crippen molar-refractivity contribution >= 4 is 22.8 Å². The van der Waals surface area contributed by atoms with Crippen LogP contribution >= 0.6 is 0 Å². The number of hydrogen-bond acceptors (Lipinski definition) is 4. The number of amides is 1. The number of ether oxygens (including phenoxy) is 1. The van der Waals surface area contributed by atoms with E-state index < -0.39 is 0 Å². The average Bonchev–Trinajstić information content (AvgIpc) is 3.15. The van der Waals surface area contributed by atoms with Crippen LogP contribution in [0.1, 0.15) is 50.2 Å². The first-order valence-electron chi connectivity index (χ1n) is 11.6. The first-order chi connectivity index (χ1) is 15.7. The zero-order chi connectivity index (χ0) is 22.6. The van der Waals surface area contributed by atoms with Crippen molar-refractivity contribution in [1.29, 1.82) is 0 Å². The van der Waals surface area contributed by atoms with Gasteiger partial charge in [0.15, 0.2) is 0 Å². The topological polar surface area (TPSA) is 73.2 Å². The number of pyridine rings is 1. The molecule has 6 heteroatoms. The molecule has 1 aromatic carbocycles. The van der Waals surface area contributed by atoms with Crippen LogP contribution in [-0.4, -0.2) is 34.6 Å². The highest BCUT2D eigenvalue weighted by atomic mass is 16.5. The minimum absolute atomic E-state index is 0.0989. The van der Waals surface area contributed by atoms with Gasteiger partial charge in [0, 0.05) is 49.0 Å². The van der Waals surface area contributed by atoms with Gasteiger partial charge in [-0.15, -0.1) is 0 Å². The molecule has 32 heavy (non-hydrogen) atoms. The number of aryl methyl sites for hydroxylation is 2. The second-order valence-corrected chi connectivity index (χ2v) is 7.97. The summed E-state index contributed by atoms with van der Waals surface area (Å²) >= 11 is 0. The number of carbonyl (C=O) groups excluding carboxylic acids is 2. The SMILES string of the molecule is CCOC(=O)Cc1cn(CCCCCCNC(=O)CCc2cccnc2)c2ccccc12. The van der Waals surface area contributed by atoms with Gasteiger partial charge in [-0.3, -0.25) is 14.6 Å². The highest BCUT2D eigenvalue weighted by Gasteiger charge is 2.12. The van der Waals surface area contributed by atoms with E-state index in [1.54, 1.807) is 12.4 Å². The van der Waals surface area contributed by atoms with Gasteiger partial charge in [0.25, 0.3) is 0 Å². The number of para-hydroxylation sites is 1. The van der Waals surface area contributed by atoms with Gasteiger partial charge in [-0.1, -0.05) is 37.1 Å². The summed E-state index contributed by atoms with van der Waals surface area (Å²) in [6, 6.07) is 12.1. The van der Waals surface area contributed by atoms with Gasteiger partial charge in [0.1, 0.15) is 0 Å². The molecule has 170 valence electrons. The zero-order valence-corrected chi connectivity index (χ0v) is 18.9. The van der Waals surface area contributed by atoms with Gasteiger partial charge in [-0.2, -0.15) is 0 Å². The first-order valence-corrected chi connectivity index (χ1v) is 11.6. The molecule has 0 spiro atoms. The molecule has 0 unspecified atom stereocenters. The fraction of sp³-hybridized carbons (Fsp3) is 0.423. The van der Waals surface area contributed by atoms with Crippen molar-refractivity contribution in [3.05, 3.63) is 66.1 Å². The molecule has 2 aromatic heterocycles. The van der Waals surface area contributed by atoms with E-state index in [0.717, 1.165) is 67.2 Å². The molecule has 1 amide bonds. The van der Waals surface area contributed by atoms with E-state index in [2.05, 4.69) is 33.2 Å². The molecular formula is C26H33N3O3. The maximum Gasteiger partial charge on any atom is 0.310 e. The second-order valence-electron chi connectivity index (χ2n) is 7.97. The number of fused-ring (bicyclic) bond motifs is 1. The van der Waals surface area contributed by atoms with Gasteiger partial charge in [-0.25, -0.2) is 0 Å². The predicted molar refractivity (Wildman–Crippen MR) is 126 cm³/mol. The van der Waals surface area contributed by atoms with Crippen LogP contribution in [0, 0.1) is 0 Å². The van der Waals surface area contributed by atoms with E-state index in [0.29, 0.717) is 19.4 Å². The number of aromatic nitrogens is 2. The number of nitrogens with zero attached hydrogens (tertiary/aromatic N) is 2. The number of hydrogen-bond donors (Lipinski definition) is 1. The summed E-state index contributed by atoms with van der Waals surface area (Å²) in [7, 11) is 0. The normalized spacial score (nSPS) is 10.9. The lowest BCUT2D eigenvalue weighted by Crippen LogP contribution is -2.24. The first kappa shape index (κ1) is 23.5. The van der Waals surface area contributed by atoms with Crippen LogP contribution in [0.25, 0.3) is 10.9 Å². The monoisotopic (exact) mass is 435 g/mol. The lowest BCUT2D eigenvalue weighted by molar-refractivity contribution is -0.142. The molecule has 2 heterocycles. The number of esters is 1. The molecule has 6 nitrogen and oxygen atoms in total. The molecule has 3 aromatic rings. The summed E-state index contributed by atoms with van der Waals surface area (Å²) in [4.78, 5) is 28.0. The summed E-state index contributed by atoms with van der Waals surface area (Å²) in [5, 5.41) is 4.13. The molecular weight excluding hydrogens is 402 g/mol. The predicted octanol–water partition coefficient (Wildman–Crippen LogP) is 4.45. The standard InChI is InChI=1S/C26H33N3O3/c1-2-32-26(31)18-22-20-29(24-12-6-5-11-23(22)24)17-8-4-3-7-16-28-25(30)14-13-21-10-9-15-27-19-21/h5-6,9-12,15,19-20H,2-4,7-8,13-14,16-18H2,1H3,(H,28,30). The number of carbonyl (C=O) groups is 2. The zero-order valence-electron chi connectivity index (χ0n) is 18.9. The Kier molecular flexibility index (Phi) is 9.29. The maximum atomic E-state index is 12.0. The molecule has 0 saturated heterocycles. The molecule has 0 radical (unpaired) electrons. The summed E-state index contributed by atoms with van der Waals surface area (Å²) in [5.41, 5.74) is 3.27. The van der Waals surface area contributed by atoms with Crippen LogP contribution in [0.15, 0.2) is 55.0 Å². The molecule has 0 fully saturated rings. The molecule has 0 aliphatic heterocycles. The summed E-state index contributed by atoms with van der Waals surface area (Å²) in [6.07, 6.45) is 11.4. The lowest BCUT2D eigenvalue weighted by atomic mass is 10.1. The highest BCUT2D eigenvalue weighted by Crippen LogP contribution is 2.23. The van der Waals surface area contributed by atoms with E-state index in [9.17, 15) is 9.59 Å². The van der Waals surface area contributed by atoms with Gasteiger partial charge in [-0.05, 0) is 49.4 Å².